The van der Waals surface area contributed by atoms with E-state index in [1.54, 1.807) is 24.3 Å². The van der Waals surface area contributed by atoms with Crippen molar-refractivity contribution in [1.82, 2.24) is 0 Å². The van der Waals surface area contributed by atoms with Gasteiger partial charge in [0, 0.05) is 63.9 Å². The van der Waals surface area contributed by atoms with Crippen molar-refractivity contribution in [3.8, 4) is 11.5 Å². The van der Waals surface area contributed by atoms with Crippen molar-refractivity contribution < 1.29 is 28.9 Å². The first kappa shape index (κ1) is 37.2. The summed E-state index contributed by atoms with van der Waals surface area (Å²) in [6, 6.07) is 17.8. The molecule has 0 radical (unpaired) electrons. The van der Waals surface area contributed by atoms with E-state index in [2.05, 4.69) is 10.6 Å². The van der Waals surface area contributed by atoms with Gasteiger partial charge in [0.2, 0.25) is 11.8 Å². The second kappa shape index (κ2) is 17.7. The summed E-state index contributed by atoms with van der Waals surface area (Å²) in [6.07, 6.45) is 0.687. The SMILES string of the molecule is O=C(CCCOc1ccc(Cl)cc1Cl)Nc1ccc(Cc2ccc(NC(=O)CCCOc3ccc(Cl)cc3Cl)cc2[N+](=O)[O-])c([N+](=O)[O-])c1. The number of ether oxygens (including phenoxy) is 2. The van der Waals surface area contributed by atoms with Gasteiger partial charge >= 0.3 is 0 Å². The number of hydrogen-bond donors (Lipinski definition) is 2. The highest BCUT2D eigenvalue weighted by Gasteiger charge is 2.21. The monoisotopic (exact) mass is 748 g/mol. The number of nitro benzene ring substituents is 2. The lowest BCUT2D eigenvalue weighted by molar-refractivity contribution is -0.386. The van der Waals surface area contributed by atoms with E-state index < -0.39 is 9.85 Å². The van der Waals surface area contributed by atoms with Crippen LogP contribution >= 0.6 is 46.4 Å². The van der Waals surface area contributed by atoms with Crippen LogP contribution in [0.3, 0.4) is 0 Å². The van der Waals surface area contributed by atoms with Crippen LogP contribution in [0.5, 0.6) is 11.5 Å². The van der Waals surface area contributed by atoms with E-state index in [0.29, 0.717) is 44.4 Å². The number of halogens is 4. The zero-order valence-electron chi connectivity index (χ0n) is 25.6. The Labute approximate surface area is 300 Å². The van der Waals surface area contributed by atoms with E-state index in [-0.39, 0.29) is 78.2 Å². The molecule has 4 aromatic rings. The number of nitrogens with one attached hydrogen (secondary N) is 2. The molecule has 2 amide bonds. The van der Waals surface area contributed by atoms with Crippen molar-refractivity contribution in [3.63, 3.8) is 0 Å². The summed E-state index contributed by atoms with van der Waals surface area (Å²) in [7, 11) is 0. The number of hydrogen-bond acceptors (Lipinski definition) is 8. The highest BCUT2D eigenvalue weighted by atomic mass is 35.5. The molecular formula is C33H28Cl4N4O8. The highest BCUT2D eigenvalue weighted by molar-refractivity contribution is 6.36. The standard InChI is InChI=1S/C33H28Cl4N4O8/c34-22-7-11-30(26(36)16-22)48-13-1-3-32(42)38-24-9-5-20(28(18-24)40(44)45)15-21-6-10-25(19-29(21)41(46)47)39-33(43)4-2-14-49-31-12-8-23(35)17-27(31)37/h5-12,16-19H,1-4,13-15H2,(H,38,42)(H,39,43). The molecule has 0 aromatic heterocycles. The van der Waals surface area contributed by atoms with Gasteiger partial charge in [0.15, 0.2) is 0 Å². The molecule has 4 rings (SSSR count). The smallest absolute Gasteiger partial charge is 0.275 e. The molecule has 4 aromatic carbocycles. The third-order valence-corrected chi connectivity index (χ3v) is 7.97. The Bertz CT molecular complexity index is 1740. The normalized spacial score (nSPS) is 10.7. The predicted octanol–water partition coefficient (Wildman–Crippen LogP) is 9.30. The number of anilines is 2. The Kier molecular flexibility index (Phi) is 13.4. The zero-order valence-corrected chi connectivity index (χ0v) is 28.6. The Balaban J connectivity index is 1.32. The molecule has 0 aliphatic heterocycles. The van der Waals surface area contributed by atoms with Gasteiger partial charge in [-0.3, -0.25) is 29.8 Å². The predicted molar refractivity (Wildman–Crippen MR) is 189 cm³/mol. The summed E-state index contributed by atoms with van der Waals surface area (Å²) in [5.74, 6) is 0.0758. The van der Waals surface area contributed by atoms with Gasteiger partial charge in [-0.1, -0.05) is 46.4 Å². The molecule has 16 heteroatoms. The summed E-state index contributed by atoms with van der Waals surface area (Å²) in [4.78, 5) is 47.5. The molecular weight excluding hydrogens is 722 g/mol. The average molecular weight is 750 g/mol. The molecule has 0 saturated heterocycles. The molecule has 256 valence electrons. The molecule has 0 spiro atoms. The number of carbonyl (C=O) groups is 2. The van der Waals surface area contributed by atoms with Crippen LogP contribution in [0.15, 0.2) is 72.8 Å². The Morgan fingerprint density at radius 2 is 1.02 bits per heavy atom. The Morgan fingerprint density at radius 1 is 0.612 bits per heavy atom. The topological polar surface area (TPSA) is 163 Å². The number of amides is 2. The van der Waals surface area contributed by atoms with Crippen molar-refractivity contribution in [3.05, 3.63) is 124 Å². The van der Waals surface area contributed by atoms with Crippen LogP contribution in [0.25, 0.3) is 0 Å². The fraction of sp³-hybridized carbons (Fsp3) is 0.212. The first-order valence-electron chi connectivity index (χ1n) is 14.7. The van der Waals surface area contributed by atoms with Crippen LogP contribution in [0.4, 0.5) is 22.7 Å². The molecule has 12 nitrogen and oxygen atoms in total. The van der Waals surface area contributed by atoms with Crippen molar-refractivity contribution in [2.45, 2.75) is 32.1 Å². The fourth-order valence-corrected chi connectivity index (χ4v) is 5.51. The van der Waals surface area contributed by atoms with Gasteiger partial charge < -0.3 is 20.1 Å². The molecule has 0 atom stereocenters. The maximum atomic E-state index is 12.5. The molecule has 0 bridgehead atoms. The van der Waals surface area contributed by atoms with Crippen LogP contribution in [-0.2, 0) is 16.0 Å². The first-order valence-corrected chi connectivity index (χ1v) is 16.2. The summed E-state index contributed by atoms with van der Waals surface area (Å²) < 4.78 is 11.1. The van der Waals surface area contributed by atoms with Gasteiger partial charge in [0.1, 0.15) is 11.5 Å². The number of nitro groups is 2. The van der Waals surface area contributed by atoms with Crippen LogP contribution in [0.2, 0.25) is 20.1 Å². The van der Waals surface area contributed by atoms with Gasteiger partial charge in [-0.15, -0.1) is 0 Å². The number of nitrogens with zero attached hydrogens (tertiary/aromatic N) is 2. The quantitative estimate of drug-likeness (QED) is 0.0650. The number of benzene rings is 4. The van der Waals surface area contributed by atoms with Gasteiger partial charge in [0.05, 0.1) is 33.1 Å². The molecule has 2 N–H and O–H groups in total. The number of rotatable bonds is 16. The molecule has 0 unspecified atom stereocenters. The van der Waals surface area contributed by atoms with Gasteiger partial charge in [-0.05, 0) is 73.5 Å². The Hall–Kier alpha value is -4.62. The maximum Gasteiger partial charge on any atom is 0.275 e. The molecule has 0 heterocycles. The second-order valence-electron chi connectivity index (χ2n) is 10.5. The zero-order chi connectivity index (χ0) is 35.5. The lowest BCUT2D eigenvalue weighted by Gasteiger charge is -2.11. The van der Waals surface area contributed by atoms with Crippen molar-refractivity contribution in [2.75, 3.05) is 23.8 Å². The molecule has 0 aliphatic carbocycles. The third kappa shape index (κ3) is 11.2. The summed E-state index contributed by atoms with van der Waals surface area (Å²) in [5.41, 5.74) is 0.112. The minimum atomic E-state index is -0.625. The average Bonchev–Trinajstić information content (AvgIpc) is 3.04. The van der Waals surface area contributed by atoms with Crippen molar-refractivity contribution in [2.24, 2.45) is 0 Å². The lowest BCUT2D eigenvalue weighted by atomic mass is 10.0. The van der Waals surface area contributed by atoms with E-state index in [9.17, 15) is 29.8 Å². The summed E-state index contributed by atoms with van der Waals surface area (Å²) >= 11 is 23.9. The largest absolute Gasteiger partial charge is 0.492 e. The molecule has 0 aliphatic rings. The highest BCUT2D eigenvalue weighted by Crippen LogP contribution is 2.32. The summed E-state index contributed by atoms with van der Waals surface area (Å²) in [5, 5.41) is 30.7. The van der Waals surface area contributed by atoms with Crippen LogP contribution in [-0.4, -0.2) is 34.9 Å². The molecule has 0 saturated carbocycles. The van der Waals surface area contributed by atoms with Gasteiger partial charge in [-0.25, -0.2) is 0 Å². The minimum absolute atomic E-state index is 0.0713. The Morgan fingerprint density at radius 3 is 1.39 bits per heavy atom. The van der Waals surface area contributed by atoms with Gasteiger partial charge in [-0.2, -0.15) is 0 Å². The first-order chi connectivity index (χ1) is 23.4. The molecule has 0 fully saturated rings. The molecule has 49 heavy (non-hydrogen) atoms. The van der Waals surface area contributed by atoms with E-state index in [4.69, 9.17) is 55.9 Å². The van der Waals surface area contributed by atoms with Gasteiger partial charge in [0.25, 0.3) is 11.4 Å². The minimum Gasteiger partial charge on any atom is -0.492 e. The summed E-state index contributed by atoms with van der Waals surface area (Å²) in [6.45, 7) is 0.399. The van der Waals surface area contributed by atoms with Crippen molar-refractivity contribution in [1.29, 1.82) is 0 Å². The van der Waals surface area contributed by atoms with E-state index in [0.717, 1.165) is 0 Å². The van der Waals surface area contributed by atoms with E-state index >= 15 is 0 Å². The number of carbonyl (C=O) groups excluding carboxylic acids is 2. The van der Waals surface area contributed by atoms with Crippen LogP contribution in [0, 0.1) is 20.2 Å². The van der Waals surface area contributed by atoms with E-state index in [1.165, 1.54) is 48.5 Å². The second-order valence-corrected chi connectivity index (χ2v) is 12.2. The van der Waals surface area contributed by atoms with Crippen molar-refractivity contribution >= 4 is 81.0 Å². The maximum absolute atomic E-state index is 12.5. The van der Waals surface area contributed by atoms with E-state index in [1.807, 2.05) is 0 Å². The fourth-order valence-electron chi connectivity index (χ4n) is 4.59. The lowest BCUT2D eigenvalue weighted by Crippen LogP contribution is -2.13. The van der Waals surface area contributed by atoms with Crippen LogP contribution in [0.1, 0.15) is 36.8 Å². The third-order valence-electron chi connectivity index (χ3n) is 6.91. The van der Waals surface area contributed by atoms with Crippen LogP contribution < -0.4 is 20.1 Å².